The molecule has 0 unspecified atom stereocenters. The molecule has 2 aromatic rings. The van der Waals surface area contributed by atoms with Crippen molar-refractivity contribution in [2.75, 3.05) is 13.7 Å². The Morgan fingerprint density at radius 3 is 2.74 bits per heavy atom. The monoisotopic (exact) mass is 263 g/mol. The molecule has 0 aliphatic heterocycles. The van der Waals surface area contributed by atoms with Gasteiger partial charge in [0.1, 0.15) is 17.1 Å². The van der Waals surface area contributed by atoms with E-state index < -0.39 is 5.97 Å². The van der Waals surface area contributed by atoms with Crippen LogP contribution in [0.3, 0.4) is 0 Å². The molecule has 0 saturated carbocycles. The Morgan fingerprint density at radius 1 is 1.42 bits per heavy atom. The molecule has 0 aliphatic rings. The number of aromatic carboxylic acids is 1. The summed E-state index contributed by atoms with van der Waals surface area (Å²) in [6, 6.07) is 6.61. The number of nitrogens with zero attached hydrogens (tertiary/aromatic N) is 1. The van der Waals surface area contributed by atoms with Crippen LogP contribution in [0.4, 0.5) is 0 Å². The molecule has 0 amide bonds. The molecular weight excluding hydrogens is 250 g/mol. The maximum atomic E-state index is 10.8. The van der Waals surface area contributed by atoms with Crippen molar-refractivity contribution in [3.05, 3.63) is 30.0 Å². The third-order valence-corrected chi connectivity index (χ3v) is 2.48. The fourth-order valence-electron chi connectivity index (χ4n) is 1.69. The van der Waals surface area contributed by atoms with Crippen LogP contribution in [0.15, 0.2) is 28.8 Å². The predicted octanol–water partition coefficient (Wildman–Crippen LogP) is 2.45. The van der Waals surface area contributed by atoms with Crippen LogP contribution in [0.5, 0.6) is 11.5 Å². The lowest BCUT2D eigenvalue weighted by molar-refractivity contribution is 0.0686. The Labute approximate surface area is 109 Å². The zero-order valence-electron chi connectivity index (χ0n) is 10.5. The van der Waals surface area contributed by atoms with Crippen LogP contribution >= 0.6 is 0 Å². The van der Waals surface area contributed by atoms with Gasteiger partial charge in [-0.25, -0.2) is 4.79 Å². The minimum atomic E-state index is -1.15. The second kappa shape index (κ2) is 5.43. The molecule has 0 atom stereocenters. The van der Waals surface area contributed by atoms with E-state index in [0.717, 1.165) is 0 Å². The number of carbonyl (C=O) groups is 1. The third kappa shape index (κ3) is 2.52. The van der Waals surface area contributed by atoms with Gasteiger partial charge in [-0.15, -0.1) is 0 Å². The molecule has 19 heavy (non-hydrogen) atoms. The summed E-state index contributed by atoms with van der Waals surface area (Å²) in [7, 11) is 1.52. The fraction of sp³-hybridized carbons (Fsp3) is 0.231. The van der Waals surface area contributed by atoms with Crippen molar-refractivity contribution in [3.63, 3.8) is 0 Å². The summed E-state index contributed by atoms with van der Waals surface area (Å²) in [5.74, 6) is 0.218. The molecule has 1 heterocycles. The van der Waals surface area contributed by atoms with Crippen LogP contribution in [0.1, 0.15) is 17.4 Å². The Hall–Kier alpha value is -2.50. The molecule has 1 N–H and O–H groups in total. The zero-order chi connectivity index (χ0) is 13.8. The number of methoxy groups -OCH3 is 1. The summed E-state index contributed by atoms with van der Waals surface area (Å²) < 4.78 is 15.8. The molecule has 100 valence electrons. The van der Waals surface area contributed by atoms with E-state index in [0.29, 0.717) is 29.4 Å². The molecular formula is C13H13NO5. The molecule has 6 nitrogen and oxygen atoms in total. The normalized spacial score (nSPS) is 10.2. The van der Waals surface area contributed by atoms with Crippen LogP contribution in [-0.2, 0) is 0 Å². The number of carboxylic acid groups (broad SMARTS) is 1. The summed E-state index contributed by atoms with van der Waals surface area (Å²) in [5, 5.41) is 12.3. The van der Waals surface area contributed by atoms with Gasteiger partial charge < -0.3 is 19.1 Å². The van der Waals surface area contributed by atoms with Gasteiger partial charge in [-0.2, -0.15) is 0 Å². The number of hydrogen-bond donors (Lipinski definition) is 1. The van der Waals surface area contributed by atoms with Crippen LogP contribution in [0, 0.1) is 0 Å². The summed E-state index contributed by atoms with van der Waals surface area (Å²) in [6.45, 7) is 2.33. The summed E-state index contributed by atoms with van der Waals surface area (Å²) in [5.41, 5.74) is 0.384. The minimum absolute atomic E-state index is 0.164. The maximum absolute atomic E-state index is 10.8. The minimum Gasteiger partial charge on any atom is -0.496 e. The number of rotatable bonds is 5. The summed E-state index contributed by atoms with van der Waals surface area (Å²) >= 11 is 0. The van der Waals surface area contributed by atoms with E-state index in [2.05, 4.69) is 5.16 Å². The van der Waals surface area contributed by atoms with E-state index in [1.54, 1.807) is 18.2 Å². The Bertz CT molecular complexity index is 590. The average Bonchev–Trinajstić information content (AvgIpc) is 2.88. The molecule has 0 bridgehead atoms. The zero-order valence-corrected chi connectivity index (χ0v) is 10.5. The van der Waals surface area contributed by atoms with Gasteiger partial charge in [0, 0.05) is 6.07 Å². The first-order valence-electron chi connectivity index (χ1n) is 5.67. The van der Waals surface area contributed by atoms with Crippen LogP contribution in [-0.4, -0.2) is 29.9 Å². The van der Waals surface area contributed by atoms with Crippen molar-refractivity contribution in [1.82, 2.24) is 5.16 Å². The SMILES string of the molecule is CCOc1cccc(OC)c1-c1cc(C(=O)O)no1. The lowest BCUT2D eigenvalue weighted by Crippen LogP contribution is -1.96. The first kappa shape index (κ1) is 12.9. The van der Waals surface area contributed by atoms with Gasteiger partial charge in [-0.05, 0) is 19.1 Å². The lowest BCUT2D eigenvalue weighted by atomic mass is 10.1. The van der Waals surface area contributed by atoms with Crippen LogP contribution < -0.4 is 9.47 Å². The average molecular weight is 263 g/mol. The molecule has 1 aromatic carbocycles. The highest BCUT2D eigenvalue weighted by Gasteiger charge is 2.19. The van der Waals surface area contributed by atoms with Crippen molar-refractivity contribution in [3.8, 4) is 22.8 Å². The lowest BCUT2D eigenvalue weighted by Gasteiger charge is -2.11. The maximum Gasteiger partial charge on any atom is 0.358 e. The smallest absolute Gasteiger partial charge is 0.358 e. The van der Waals surface area contributed by atoms with Crippen molar-refractivity contribution in [2.24, 2.45) is 0 Å². The Balaban J connectivity index is 2.54. The number of ether oxygens (including phenoxy) is 2. The molecule has 0 spiro atoms. The van der Waals surface area contributed by atoms with Crippen LogP contribution in [0.2, 0.25) is 0 Å². The van der Waals surface area contributed by atoms with Gasteiger partial charge in [0.15, 0.2) is 11.5 Å². The topological polar surface area (TPSA) is 81.8 Å². The Morgan fingerprint density at radius 2 is 2.16 bits per heavy atom. The molecule has 6 heteroatoms. The number of benzene rings is 1. The second-order valence-electron chi connectivity index (χ2n) is 3.65. The van der Waals surface area contributed by atoms with Gasteiger partial charge in [-0.3, -0.25) is 0 Å². The summed E-state index contributed by atoms with van der Waals surface area (Å²) in [6.07, 6.45) is 0. The quantitative estimate of drug-likeness (QED) is 0.892. The van der Waals surface area contributed by atoms with E-state index in [1.165, 1.54) is 13.2 Å². The van der Waals surface area contributed by atoms with E-state index in [9.17, 15) is 4.79 Å². The van der Waals surface area contributed by atoms with Crippen LogP contribution in [0.25, 0.3) is 11.3 Å². The number of aromatic nitrogens is 1. The number of hydrogen-bond acceptors (Lipinski definition) is 5. The van der Waals surface area contributed by atoms with Crippen molar-refractivity contribution in [1.29, 1.82) is 0 Å². The van der Waals surface area contributed by atoms with E-state index in [1.807, 2.05) is 6.92 Å². The highest BCUT2D eigenvalue weighted by molar-refractivity contribution is 5.87. The highest BCUT2D eigenvalue weighted by atomic mass is 16.5. The largest absolute Gasteiger partial charge is 0.496 e. The van der Waals surface area contributed by atoms with Crippen molar-refractivity contribution < 1.29 is 23.9 Å². The van der Waals surface area contributed by atoms with Gasteiger partial charge in [0.25, 0.3) is 0 Å². The van der Waals surface area contributed by atoms with Gasteiger partial charge in [-0.1, -0.05) is 11.2 Å². The van der Waals surface area contributed by atoms with Crippen molar-refractivity contribution in [2.45, 2.75) is 6.92 Å². The Kier molecular flexibility index (Phi) is 3.70. The number of carboxylic acids is 1. The van der Waals surface area contributed by atoms with E-state index in [4.69, 9.17) is 19.1 Å². The molecule has 0 radical (unpaired) electrons. The highest BCUT2D eigenvalue weighted by Crippen LogP contribution is 2.38. The first-order valence-corrected chi connectivity index (χ1v) is 5.67. The van der Waals surface area contributed by atoms with Gasteiger partial charge in [0.05, 0.1) is 13.7 Å². The van der Waals surface area contributed by atoms with E-state index >= 15 is 0 Å². The first-order chi connectivity index (χ1) is 9.17. The molecule has 0 aliphatic carbocycles. The molecule has 0 fully saturated rings. The third-order valence-electron chi connectivity index (χ3n) is 2.48. The molecule has 0 saturated heterocycles. The second-order valence-corrected chi connectivity index (χ2v) is 3.65. The van der Waals surface area contributed by atoms with E-state index in [-0.39, 0.29) is 5.69 Å². The predicted molar refractivity (Wildman–Crippen MR) is 66.6 cm³/mol. The van der Waals surface area contributed by atoms with Gasteiger partial charge in [0.2, 0.25) is 0 Å². The molecule has 1 aromatic heterocycles. The molecule has 2 rings (SSSR count). The fourth-order valence-corrected chi connectivity index (χ4v) is 1.69. The van der Waals surface area contributed by atoms with Gasteiger partial charge >= 0.3 is 5.97 Å². The van der Waals surface area contributed by atoms with Crippen molar-refractivity contribution >= 4 is 5.97 Å². The standard InChI is InChI=1S/C13H13NO5/c1-3-18-10-6-4-5-9(17-2)12(10)11-7-8(13(15)16)14-19-11/h4-7H,3H2,1-2H3,(H,15,16). The summed E-state index contributed by atoms with van der Waals surface area (Å²) in [4.78, 5) is 10.8.